The summed E-state index contributed by atoms with van der Waals surface area (Å²) >= 11 is 7.70. The Bertz CT molecular complexity index is 952. The van der Waals surface area contributed by atoms with E-state index in [0.29, 0.717) is 36.2 Å². The van der Waals surface area contributed by atoms with Crippen LogP contribution in [0.1, 0.15) is 28.4 Å². The van der Waals surface area contributed by atoms with Crippen molar-refractivity contribution in [2.45, 2.75) is 33.7 Å². The highest BCUT2D eigenvalue weighted by molar-refractivity contribution is 7.11. The predicted octanol–water partition coefficient (Wildman–Crippen LogP) is 3.76. The maximum Gasteiger partial charge on any atom is 0.228 e. The molecule has 0 aliphatic carbocycles. The van der Waals surface area contributed by atoms with Crippen LogP contribution in [-0.2, 0) is 13.0 Å². The zero-order valence-electron chi connectivity index (χ0n) is 16.1. The molecule has 2 aromatic heterocycles. The third kappa shape index (κ3) is 5.53. The molecule has 0 unspecified atom stereocenters. The molecule has 0 aliphatic heterocycles. The fourth-order valence-corrected chi connectivity index (χ4v) is 3.65. The van der Waals surface area contributed by atoms with Gasteiger partial charge >= 0.3 is 0 Å². The van der Waals surface area contributed by atoms with E-state index >= 15 is 0 Å². The number of nitrogens with zero attached hydrogens (tertiary/aromatic N) is 4. The molecule has 0 amide bonds. The number of halogens is 1. The largest absolute Gasteiger partial charge is 0.357 e. The Hall–Kier alpha value is -2.45. The van der Waals surface area contributed by atoms with Crippen LogP contribution in [-0.4, -0.2) is 34.2 Å². The lowest BCUT2D eigenvalue weighted by Gasteiger charge is -2.10. The van der Waals surface area contributed by atoms with E-state index < -0.39 is 0 Å². The van der Waals surface area contributed by atoms with Crippen LogP contribution in [0.2, 0.25) is 5.02 Å². The molecule has 0 atom stereocenters. The predicted molar refractivity (Wildman–Crippen MR) is 113 cm³/mol. The van der Waals surface area contributed by atoms with Gasteiger partial charge in [0, 0.05) is 35.0 Å². The van der Waals surface area contributed by atoms with Gasteiger partial charge in [-0.1, -0.05) is 28.9 Å². The van der Waals surface area contributed by atoms with Crippen LogP contribution >= 0.6 is 22.9 Å². The second kappa shape index (κ2) is 9.66. The molecule has 2 heterocycles. The Morgan fingerprint density at radius 2 is 2.11 bits per heavy atom. The fourth-order valence-electron chi connectivity index (χ4n) is 2.60. The third-order valence-electron chi connectivity index (χ3n) is 3.91. The average molecular weight is 419 g/mol. The van der Waals surface area contributed by atoms with E-state index in [4.69, 9.17) is 16.1 Å². The topological polar surface area (TPSA) is 88.2 Å². The summed E-state index contributed by atoms with van der Waals surface area (Å²) < 4.78 is 5.34. The van der Waals surface area contributed by atoms with Crippen molar-refractivity contribution in [3.05, 3.63) is 50.8 Å². The van der Waals surface area contributed by atoms with Gasteiger partial charge in [0.15, 0.2) is 5.96 Å². The highest BCUT2D eigenvalue weighted by Gasteiger charge is 2.09. The van der Waals surface area contributed by atoms with E-state index in [9.17, 15) is 0 Å². The first-order chi connectivity index (χ1) is 13.5. The van der Waals surface area contributed by atoms with Gasteiger partial charge < -0.3 is 15.2 Å². The lowest BCUT2D eigenvalue weighted by molar-refractivity contribution is 0.378. The first-order valence-corrected chi connectivity index (χ1v) is 10.3. The van der Waals surface area contributed by atoms with Crippen molar-refractivity contribution in [2.24, 2.45) is 4.99 Å². The molecule has 2 N–H and O–H groups in total. The van der Waals surface area contributed by atoms with Gasteiger partial charge in [-0.25, -0.2) is 9.98 Å². The zero-order chi connectivity index (χ0) is 19.9. The van der Waals surface area contributed by atoms with Crippen LogP contribution in [0.4, 0.5) is 0 Å². The molecule has 0 saturated carbocycles. The first kappa shape index (κ1) is 20.3. The summed E-state index contributed by atoms with van der Waals surface area (Å²) in [4.78, 5) is 14.7. The number of aryl methyl sites for hydroxylation is 2. The lowest BCUT2D eigenvalue weighted by atomic mass is 10.2. The van der Waals surface area contributed by atoms with Crippen LogP contribution in [0.5, 0.6) is 0 Å². The van der Waals surface area contributed by atoms with Gasteiger partial charge in [-0.15, -0.1) is 11.3 Å². The molecule has 148 valence electrons. The Morgan fingerprint density at radius 1 is 1.25 bits per heavy atom. The molecule has 0 saturated heterocycles. The van der Waals surface area contributed by atoms with Gasteiger partial charge in [0.1, 0.15) is 0 Å². The molecule has 7 nitrogen and oxygen atoms in total. The number of rotatable bonds is 7. The Morgan fingerprint density at radius 3 is 2.82 bits per heavy atom. The normalized spacial score (nSPS) is 11.6. The van der Waals surface area contributed by atoms with Gasteiger partial charge in [0.25, 0.3) is 0 Å². The standard InChI is InChI=1S/C19H23ClN6OS/c1-4-21-19(23-11-16-12(2)24-13(3)28-16)22-9-8-17-25-18(26-27-17)14-6-5-7-15(20)10-14/h5-7,10H,4,8-9,11H2,1-3H3,(H2,21,22,23). The molecule has 1 aromatic carbocycles. The van der Waals surface area contributed by atoms with Crippen LogP contribution in [0.25, 0.3) is 11.4 Å². The van der Waals surface area contributed by atoms with Gasteiger partial charge in [-0.2, -0.15) is 4.98 Å². The smallest absolute Gasteiger partial charge is 0.228 e. The van der Waals surface area contributed by atoms with Crippen molar-refractivity contribution in [1.82, 2.24) is 25.8 Å². The van der Waals surface area contributed by atoms with E-state index in [1.54, 1.807) is 11.3 Å². The summed E-state index contributed by atoms with van der Waals surface area (Å²) in [6.07, 6.45) is 0.594. The number of nitrogens with one attached hydrogen (secondary N) is 2. The summed E-state index contributed by atoms with van der Waals surface area (Å²) in [6, 6.07) is 7.39. The summed E-state index contributed by atoms with van der Waals surface area (Å²) in [7, 11) is 0. The lowest BCUT2D eigenvalue weighted by Crippen LogP contribution is -2.38. The second-order valence-corrected chi connectivity index (χ2v) is 7.86. The minimum absolute atomic E-state index is 0.536. The van der Waals surface area contributed by atoms with Crippen molar-refractivity contribution in [3.8, 4) is 11.4 Å². The van der Waals surface area contributed by atoms with E-state index in [1.807, 2.05) is 45.0 Å². The molecule has 0 fully saturated rings. The molecule has 3 rings (SSSR count). The van der Waals surface area contributed by atoms with Crippen molar-refractivity contribution < 1.29 is 4.52 Å². The van der Waals surface area contributed by atoms with Gasteiger partial charge in [-0.05, 0) is 32.9 Å². The highest BCUT2D eigenvalue weighted by Crippen LogP contribution is 2.20. The third-order valence-corrected chi connectivity index (χ3v) is 5.20. The van der Waals surface area contributed by atoms with Crippen LogP contribution in [0.15, 0.2) is 33.8 Å². The molecule has 0 radical (unpaired) electrons. The summed E-state index contributed by atoms with van der Waals surface area (Å²) in [5.74, 6) is 1.85. The minimum Gasteiger partial charge on any atom is -0.357 e. The number of thiazole rings is 1. The summed E-state index contributed by atoms with van der Waals surface area (Å²) in [5.41, 5.74) is 1.88. The monoisotopic (exact) mass is 418 g/mol. The van der Waals surface area contributed by atoms with Crippen molar-refractivity contribution in [2.75, 3.05) is 13.1 Å². The van der Waals surface area contributed by atoms with Gasteiger partial charge in [-0.3, -0.25) is 0 Å². The Kier molecular flexibility index (Phi) is 7.00. The van der Waals surface area contributed by atoms with Crippen molar-refractivity contribution >= 4 is 28.9 Å². The second-order valence-electron chi connectivity index (χ2n) is 6.14. The fraction of sp³-hybridized carbons (Fsp3) is 0.368. The molecular formula is C19H23ClN6OS. The molecule has 0 bridgehead atoms. The molecule has 0 spiro atoms. The van der Waals surface area contributed by atoms with Crippen molar-refractivity contribution in [1.29, 1.82) is 0 Å². The average Bonchev–Trinajstić information content (AvgIpc) is 3.26. The van der Waals surface area contributed by atoms with E-state index in [-0.39, 0.29) is 0 Å². The maximum absolute atomic E-state index is 6.02. The Labute approximate surface area is 173 Å². The minimum atomic E-state index is 0.536. The number of guanidine groups is 1. The summed E-state index contributed by atoms with van der Waals surface area (Å²) in [5, 5.41) is 12.3. The molecule has 28 heavy (non-hydrogen) atoms. The van der Waals surface area contributed by atoms with Gasteiger partial charge in [0.05, 0.1) is 17.2 Å². The molecular weight excluding hydrogens is 396 g/mol. The SMILES string of the molecule is CCNC(=NCc1sc(C)nc1C)NCCc1nc(-c2cccc(Cl)c2)no1. The number of aliphatic imine (C=N–C) groups is 1. The first-order valence-electron chi connectivity index (χ1n) is 9.08. The molecule has 0 aliphatic rings. The van der Waals surface area contributed by atoms with E-state index in [0.717, 1.165) is 28.8 Å². The molecule has 9 heteroatoms. The van der Waals surface area contributed by atoms with Crippen LogP contribution in [0, 0.1) is 13.8 Å². The maximum atomic E-state index is 6.02. The molecule has 3 aromatic rings. The quantitative estimate of drug-likeness (QED) is 0.448. The number of aromatic nitrogens is 3. The van der Waals surface area contributed by atoms with Crippen molar-refractivity contribution in [3.63, 3.8) is 0 Å². The van der Waals surface area contributed by atoms with E-state index in [1.165, 1.54) is 4.88 Å². The Balaban J connectivity index is 1.56. The summed E-state index contributed by atoms with van der Waals surface area (Å²) in [6.45, 7) is 8.08. The number of benzene rings is 1. The van der Waals surface area contributed by atoms with Gasteiger partial charge in [0.2, 0.25) is 11.7 Å². The highest BCUT2D eigenvalue weighted by atomic mass is 35.5. The van der Waals surface area contributed by atoms with Crippen LogP contribution < -0.4 is 10.6 Å². The van der Waals surface area contributed by atoms with E-state index in [2.05, 4.69) is 30.8 Å². The number of hydrogen-bond donors (Lipinski definition) is 2. The van der Waals surface area contributed by atoms with Crippen LogP contribution in [0.3, 0.4) is 0 Å². The number of hydrogen-bond acceptors (Lipinski definition) is 6. The zero-order valence-corrected chi connectivity index (χ0v) is 17.7.